The number of para-hydroxylation sites is 2. The molecule has 0 saturated carbocycles. The predicted octanol–water partition coefficient (Wildman–Crippen LogP) is 4.37. The van der Waals surface area contributed by atoms with Gasteiger partial charge in [0.25, 0.3) is 0 Å². The molecule has 4 rings (SSSR count). The Balaban J connectivity index is 1.58. The molecule has 0 aliphatic heterocycles. The lowest BCUT2D eigenvalue weighted by atomic mass is 10.2. The van der Waals surface area contributed by atoms with Crippen LogP contribution in [-0.2, 0) is 4.79 Å². The zero-order valence-corrected chi connectivity index (χ0v) is 16.6. The van der Waals surface area contributed by atoms with E-state index >= 15 is 0 Å². The number of aryl methyl sites for hydroxylation is 1. The molecule has 6 nitrogen and oxygen atoms in total. The number of pyridine rings is 1. The molecule has 1 N–H and O–H groups in total. The van der Waals surface area contributed by atoms with Gasteiger partial charge in [-0.05, 0) is 42.8 Å². The van der Waals surface area contributed by atoms with Crippen LogP contribution in [0.3, 0.4) is 0 Å². The fourth-order valence-electron chi connectivity index (χ4n) is 2.89. The van der Waals surface area contributed by atoms with Crippen molar-refractivity contribution < 1.29 is 4.79 Å². The first-order valence-electron chi connectivity index (χ1n) is 9.12. The van der Waals surface area contributed by atoms with Crippen LogP contribution < -0.4 is 5.32 Å². The zero-order chi connectivity index (χ0) is 20.1. The summed E-state index contributed by atoms with van der Waals surface area (Å²) in [7, 11) is 0. The van der Waals surface area contributed by atoms with Crippen molar-refractivity contribution in [1.82, 2.24) is 19.7 Å². The number of anilines is 1. The summed E-state index contributed by atoms with van der Waals surface area (Å²) in [5, 5.41) is 12.3. The molecule has 0 fully saturated rings. The molecular formula is C22H19N5OS. The normalized spacial score (nSPS) is 10.7. The highest BCUT2D eigenvalue weighted by Gasteiger charge is 2.17. The number of hydrogen-bond acceptors (Lipinski definition) is 5. The molecule has 0 aliphatic rings. The van der Waals surface area contributed by atoms with Crippen molar-refractivity contribution in [3.05, 3.63) is 84.7 Å². The Hall–Kier alpha value is -3.45. The summed E-state index contributed by atoms with van der Waals surface area (Å²) in [4.78, 5) is 16.5. The number of nitrogens with zero attached hydrogens (tertiary/aromatic N) is 4. The maximum atomic E-state index is 12.5. The average molecular weight is 401 g/mol. The Labute approximate surface area is 173 Å². The Morgan fingerprint density at radius 2 is 1.69 bits per heavy atom. The van der Waals surface area contributed by atoms with Crippen molar-refractivity contribution in [1.29, 1.82) is 0 Å². The predicted molar refractivity (Wildman–Crippen MR) is 115 cm³/mol. The van der Waals surface area contributed by atoms with E-state index in [1.807, 2.05) is 78.2 Å². The molecule has 0 aliphatic carbocycles. The van der Waals surface area contributed by atoms with Crippen LogP contribution >= 0.6 is 11.8 Å². The van der Waals surface area contributed by atoms with Gasteiger partial charge in [-0.2, -0.15) is 0 Å². The van der Waals surface area contributed by atoms with Crippen LogP contribution in [0, 0.1) is 6.92 Å². The van der Waals surface area contributed by atoms with Crippen molar-refractivity contribution in [3.63, 3.8) is 0 Å². The van der Waals surface area contributed by atoms with E-state index in [2.05, 4.69) is 20.5 Å². The van der Waals surface area contributed by atoms with Crippen LogP contribution in [0.25, 0.3) is 17.1 Å². The van der Waals surface area contributed by atoms with Gasteiger partial charge in [0.2, 0.25) is 5.91 Å². The summed E-state index contributed by atoms with van der Waals surface area (Å²) < 4.78 is 1.96. The highest BCUT2D eigenvalue weighted by atomic mass is 32.2. The molecule has 0 unspecified atom stereocenters. The molecule has 0 atom stereocenters. The average Bonchev–Trinajstić information content (AvgIpc) is 3.19. The van der Waals surface area contributed by atoms with E-state index < -0.39 is 0 Å². The lowest BCUT2D eigenvalue weighted by Crippen LogP contribution is -2.15. The number of amides is 1. The molecule has 144 valence electrons. The molecule has 0 spiro atoms. The van der Waals surface area contributed by atoms with Gasteiger partial charge in [0.15, 0.2) is 11.0 Å². The van der Waals surface area contributed by atoms with Crippen LogP contribution in [0.5, 0.6) is 0 Å². The van der Waals surface area contributed by atoms with Crippen molar-refractivity contribution in [2.75, 3.05) is 11.1 Å². The van der Waals surface area contributed by atoms with E-state index in [0.717, 1.165) is 22.5 Å². The molecule has 1 amide bonds. The van der Waals surface area contributed by atoms with Gasteiger partial charge >= 0.3 is 0 Å². The topological polar surface area (TPSA) is 72.7 Å². The maximum Gasteiger partial charge on any atom is 0.234 e. The Kier molecular flexibility index (Phi) is 5.67. The first-order valence-corrected chi connectivity index (χ1v) is 10.1. The molecule has 2 aromatic heterocycles. The smallest absolute Gasteiger partial charge is 0.234 e. The minimum atomic E-state index is -0.0858. The standard InChI is InChI=1S/C22H19N5OS/c1-16-7-5-6-10-19(16)24-20(28)15-29-22-26-25-21(17-11-13-23-14-12-17)27(22)18-8-3-2-4-9-18/h2-14H,15H2,1H3,(H,24,28). The van der Waals surface area contributed by atoms with E-state index in [-0.39, 0.29) is 11.7 Å². The van der Waals surface area contributed by atoms with Gasteiger partial charge in [-0.25, -0.2) is 0 Å². The lowest BCUT2D eigenvalue weighted by molar-refractivity contribution is -0.113. The van der Waals surface area contributed by atoms with Gasteiger partial charge < -0.3 is 5.32 Å². The second-order valence-electron chi connectivity index (χ2n) is 6.36. The number of rotatable bonds is 6. The number of hydrogen-bond donors (Lipinski definition) is 1. The Morgan fingerprint density at radius 1 is 0.966 bits per heavy atom. The molecule has 2 aromatic carbocycles. The van der Waals surface area contributed by atoms with Crippen LogP contribution in [0.4, 0.5) is 5.69 Å². The van der Waals surface area contributed by atoms with Crippen LogP contribution in [0.2, 0.25) is 0 Å². The zero-order valence-electron chi connectivity index (χ0n) is 15.8. The molecule has 0 bridgehead atoms. The first-order chi connectivity index (χ1) is 14.2. The number of nitrogens with one attached hydrogen (secondary N) is 1. The lowest BCUT2D eigenvalue weighted by Gasteiger charge is -2.11. The second kappa shape index (κ2) is 8.70. The quantitative estimate of drug-likeness (QED) is 0.486. The molecule has 7 heteroatoms. The maximum absolute atomic E-state index is 12.5. The van der Waals surface area contributed by atoms with Gasteiger partial charge in [-0.3, -0.25) is 14.3 Å². The number of thioether (sulfide) groups is 1. The summed E-state index contributed by atoms with van der Waals surface area (Å²) >= 11 is 1.35. The number of benzene rings is 2. The fraction of sp³-hybridized carbons (Fsp3) is 0.0909. The minimum Gasteiger partial charge on any atom is -0.325 e. The minimum absolute atomic E-state index is 0.0858. The summed E-state index contributed by atoms with van der Waals surface area (Å²) in [6, 6.07) is 21.4. The third kappa shape index (κ3) is 4.35. The van der Waals surface area contributed by atoms with E-state index in [9.17, 15) is 4.79 Å². The van der Waals surface area contributed by atoms with E-state index in [1.54, 1.807) is 12.4 Å². The summed E-state index contributed by atoms with van der Waals surface area (Å²) in [6.07, 6.45) is 3.45. The van der Waals surface area contributed by atoms with Crippen LogP contribution in [0.1, 0.15) is 5.56 Å². The Morgan fingerprint density at radius 3 is 2.45 bits per heavy atom. The van der Waals surface area contributed by atoms with Gasteiger partial charge in [0.1, 0.15) is 0 Å². The number of carbonyl (C=O) groups is 1. The molecule has 2 heterocycles. The highest BCUT2D eigenvalue weighted by molar-refractivity contribution is 7.99. The molecule has 0 saturated heterocycles. The second-order valence-corrected chi connectivity index (χ2v) is 7.31. The molecule has 4 aromatic rings. The van der Waals surface area contributed by atoms with Gasteiger partial charge in [-0.1, -0.05) is 48.2 Å². The van der Waals surface area contributed by atoms with Crippen molar-refractivity contribution in [2.45, 2.75) is 12.1 Å². The largest absolute Gasteiger partial charge is 0.325 e. The molecule has 0 radical (unpaired) electrons. The number of aromatic nitrogens is 4. The SMILES string of the molecule is Cc1ccccc1NC(=O)CSc1nnc(-c2ccncc2)n1-c1ccccc1. The summed E-state index contributed by atoms with van der Waals surface area (Å²) in [6.45, 7) is 1.97. The third-order valence-corrected chi connectivity index (χ3v) is 5.27. The van der Waals surface area contributed by atoms with Crippen LogP contribution in [-0.4, -0.2) is 31.4 Å². The van der Waals surface area contributed by atoms with Crippen LogP contribution in [0.15, 0.2) is 84.3 Å². The van der Waals surface area contributed by atoms with Crippen molar-refractivity contribution in [3.8, 4) is 17.1 Å². The van der Waals surface area contributed by atoms with Gasteiger partial charge in [0.05, 0.1) is 5.75 Å². The highest BCUT2D eigenvalue weighted by Crippen LogP contribution is 2.27. The van der Waals surface area contributed by atoms with E-state index in [1.165, 1.54) is 11.8 Å². The molecular weight excluding hydrogens is 382 g/mol. The van der Waals surface area contributed by atoms with E-state index in [4.69, 9.17) is 0 Å². The monoisotopic (exact) mass is 401 g/mol. The van der Waals surface area contributed by atoms with E-state index in [0.29, 0.717) is 11.0 Å². The Bertz CT molecular complexity index is 1110. The van der Waals surface area contributed by atoms with Gasteiger partial charge in [-0.15, -0.1) is 10.2 Å². The van der Waals surface area contributed by atoms with Gasteiger partial charge in [0, 0.05) is 29.3 Å². The fourth-order valence-corrected chi connectivity index (χ4v) is 3.64. The third-order valence-electron chi connectivity index (χ3n) is 4.34. The summed E-state index contributed by atoms with van der Waals surface area (Å²) in [5.41, 5.74) is 3.69. The van der Waals surface area contributed by atoms with Crippen molar-refractivity contribution >= 4 is 23.4 Å². The van der Waals surface area contributed by atoms with Crippen molar-refractivity contribution in [2.24, 2.45) is 0 Å². The first kappa shape index (κ1) is 18.9. The number of carbonyl (C=O) groups excluding carboxylic acids is 1. The summed E-state index contributed by atoms with van der Waals surface area (Å²) in [5.74, 6) is 0.855. The molecule has 29 heavy (non-hydrogen) atoms.